The van der Waals surface area contributed by atoms with E-state index < -0.39 is 17.7 Å². The van der Waals surface area contributed by atoms with Crippen molar-refractivity contribution >= 4 is 17.6 Å². The van der Waals surface area contributed by atoms with Crippen molar-refractivity contribution in [1.82, 2.24) is 14.4 Å². The number of urea groups is 1. The van der Waals surface area contributed by atoms with E-state index in [9.17, 15) is 18.4 Å². The highest BCUT2D eigenvalue weighted by Crippen LogP contribution is 2.29. The van der Waals surface area contributed by atoms with Crippen LogP contribution in [0.1, 0.15) is 32.4 Å². The van der Waals surface area contributed by atoms with Crippen LogP contribution in [0.2, 0.25) is 0 Å². The maximum Gasteiger partial charge on any atom is 0.322 e. The van der Waals surface area contributed by atoms with Crippen molar-refractivity contribution in [3.63, 3.8) is 0 Å². The van der Waals surface area contributed by atoms with Crippen molar-refractivity contribution < 1.29 is 18.4 Å². The van der Waals surface area contributed by atoms with Gasteiger partial charge in [0.25, 0.3) is 0 Å². The zero-order valence-electron chi connectivity index (χ0n) is 16.9. The predicted molar refractivity (Wildman–Crippen MR) is 106 cm³/mol. The second-order valence-electron chi connectivity index (χ2n) is 7.64. The summed E-state index contributed by atoms with van der Waals surface area (Å²) in [6, 6.07) is 6.13. The van der Waals surface area contributed by atoms with Crippen LogP contribution in [-0.2, 0) is 18.4 Å². The lowest BCUT2D eigenvalue weighted by atomic mass is 10.2. The first-order valence-electron chi connectivity index (χ1n) is 9.68. The molecule has 0 radical (unpaired) electrons. The van der Waals surface area contributed by atoms with Crippen LogP contribution >= 0.6 is 0 Å². The van der Waals surface area contributed by atoms with Crippen molar-refractivity contribution in [3.05, 3.63) is 53.9 Å². The lowest BCUT2D eigenvalue weighted by Gasteiger charge is -2.30. The Hall–Kier alpha value is -2.90. The number of aryl methyl sites for hydroxylation is 1. The van der Waals surface area contributed by atoms with Crippen LogP contribution in [0, 0.1) is 11.6 Å². The summed E-state index contributed by atoms with van der Waals surface area (Å²) in [7, 11) is 1.93. The summed E-state index contributed by atoms with van der Waals surface area (Å²) < 4.78 is 28.9. The molecule has 1 saturated carbocycles. The zero-order valence-corrected chi connectivity index (χ0v) is 16.9. The number of carbonyl (C=O) groups excluding carboxylic acids is 2. The van der Waals surface area contributed by atoms with Gasteiger partial charge in [0.15, 0.2) is 0 Å². The molecule has 6 nitrogen and oxygen atoms in total. The molecule has 3 amide bonds. The van der Waals surface area contributed by atoms with E-state index in [0.29, 0.717) is 12.6 Å². The van der Waals surface area contributed by atoms with Gasteiger partial charge in [-0.3, -0.25) is 4.79 Å². The second kappa shape index (κ2) is 8.63. The maximum atomic E-state index is 13.9. The lowest BCUT2D eigenvalue weighted by molar-refractivity contribution is -0.133. The van der Waals surface area contributed by atoms with E-state index in [4.69, 9.17) is 0 Å². The smallest absolute Gasteiger partial charge is 0.322 e. The fraction of sp³-hybridized carbons (Fsp3) is 0.429. The van der Waals surface area contributed by atoms with Crippen molar-refractivity contribution in [2.75, 3.05) is 11.9 Å². The standard InChI is InChI=1S/C21H26F2N4O2/c1-14(2)26(21(29)24-19-9-6-15(22)11-18(19)23)13-20(28)27(16-7-8-16)12-17-5-4-10-25(17)3/h4-6,9-11,14,16H,7-8,12-13H2,1-3H3,(H,24,29). The molecule has 0 spiro atoms. The Kier molecular flexibility index (Phi) is 6.20. The first kappa shape index (κ1) is 20.8. The molecule has 0 unspecified atom stereocenters. The van der Waals surface area contributed by atoms with E-state index >= 15 is 0 Å². The van der Waals surface area contributed by atoms with E-state index in [2.05, 4.69) is 5.32 Å². The minimum Gasteiger partial charge on any atom is -0.353 e. The molecule has 1 aromatic heterocycles. The third-order valence-electron chi connectivity index (χ3n) is 5.05. The van der Waals surface area contributed by atoms with E-state index in [0.717, 1.165) is 30.7 Å². The van der Waals surface area contributed by atoms with Crippen LogP contribution in [0.5, 0.6) is 0 Å². The second-order valence-corrected chi connectivity index (χ2v) is 7.64. The highest BCUT2D eigenvalue weighted by molar-refractivity contribution is 5.92. The molecule has 29 heavy (non-hydrogen) atoms. The summed E-state index contributed by atoms with van der Waals surface area (Å²) in [5, 5.41) is 2.43. The molecule has 3 rings (SSSR count). The summed E-state index contributed by atoms with van der Waals surface area (Å²) in [4.78, 5) is 28.9. The van der Waals surface area contributed by atoms with Gasteiger partial charge in [-0.1, -0.05) is 0 Å². The summed E-state index contributed by atoms with van der Waals surface area (Å²) in [5.41, 5.74) is 0.886. The Labute approximate surface area is 169 Å². The van der Waals surface area contributed by atoms with Gasteiger partial charge in [-0.15, -0.1) is 0 Å². The number of carbonyl (C=O) groups is 2. The van der Waals surface area contributed by atoms with Gasteiger partial charge in [0.05, 0.1) is 12.2 Å². The first-order valence-corrected chi connectivity index (χ1v) is 9.68. The Morgan fingerprint density at radius 1 is 1.24 bits per heavy atom. The molecular weight excluding hydrogens is 378 g/mol. The van der Waals surface area contributed by atoms with Crippen LogP contribution in [0.3, 0.4) is 0 Å². The van der Waals surface area contributed by atoms with Gasteiger partial charge in [0.2, 0.25) is 5.91 Å². The minimum atomic E-state index is -0.864. The molecule has 1 heterocycles. The molecule has 8 heteroatoms. The molecule has 2 aromatic rings. The van der Waals surface area contributed by atoms with Crippen molar-refractivity contribution in [2.24, 2.45) is 7.05 Å². The highest BCUT2D eigenvalue weighted by atomic mass is 19.1. The van der Waals surface area contributed by atoms with Gasteiger partial charge < -0.3 is 19.7 Å². The molecule has 156 valence electrons. The number of anilines is 1. The molecule has 1 aliphatic carbocycles. The SMILES string of the molecule is CC(C)N(CC(=O)N(Cc1cccn1C)C1CC1)C(=O)Nc1ccc(F)cc1F. The van der Waals surface area contributed by atoms with E-state index in [1.54, 1.807) is 18.7 Å². The largest absolute Gasteiger partial charge is 0.353 e. The van der Waals surface area contributed by atoms with Crippen LogP contribution in [0.15, 0.2) is 36.5 Å². The van der Waals surface area contributed by atoms with E-state index in [-0.39, 0.29) is 30.2 Å². The maximum absolute atomic E-state index is 13.9. The van der Waals surface area contributed by atoms with Crippen molar-refractivity contribution in [2.45, 2.75) is 45.3 Å². The van der Waals surface area contributed by atoms with Gasteiger partial charge in [0, 0.05) is 37.1 Å². The number of hydrogen-bond donors (Lipinski definition) is 1. The number of aromatic nitrogens is 1. The summed E-state index contributed by atoms with van der Waals surface area (Å²) in [6.07, 6.45) is 3.83. The molecule has 1 aromatic carbocycles. The topological polar surface area (TPSA) is 57.6 Å². The minimum absolute atomic E-state index is 0.118. The van der Waals surface area contributed by atoms with E-state index in [1.807, 2.05) is 29.9 Å². The monoisotopic (exact) mass is 404 g/mol. The number of rotatable bonds is 7. The third-order valence-corrected chi connectivity index (χ3v) is 5.05. The van der Waals surface area contributed by atoms with Gasteiger partial charge in [-0.2, -0.15) is 0 Å². The average Bonchev–Trinajstić information content (AvgIpc) is 3.41. The van der Waals surface area contributed by atoms with Crippen molar-refractivity contribution in [3.8, 4) is 0 Å². The van der Waals surface area contributed by atoms with Gasteiger partial charge >= 0.3 is 6.03 Å². The van der Waals surface area contributed by atoms with E-state index in [1.165, 1.54) is 4.90 Å². The number of amides is 3. The molecule has 1 fully saturated rings. The average molecular weight is 404 g/mol. The molecule has 0 bridgehead atoms. The molecule has 1 N–H and O–H groups in total. The summed E-state index contributed by atoms with van der Waals surface area (Å²) in [6.45, 7) is 3.93. The third kappa shape index (κ3) is 5.13. The number of nitrogens with one attached hydrogen (secondary N) is 1. The van der Waals surface area contributed by atoms with Gasteiger partial charge in [0.1, 0.15) is 18.2 Å². The Balaban J connectivity index is 1.70. The zero-order chi connectivity index (χ0) is 21.1. The van der Waals surface area contributed by atoms with Gasteiger partial charge in [-0.05, 0) is 51.0 Å². The number of hydrogen-bond acceptors (Lipinski definition) is 2. The number of nitrogens with zero attached hydrogens (tertiary/aromatic N) is 3. The molecule has 0 aliphatic heterocycles. The molecule has 1 aliphatic rings. The van der Waals surface area contributed by atoms with Crippen LogP contribution in [0.25, 0.3) is 0 Å². The quantitative estimate of drug-likeness (QED) is 0.764. The Morgan fingerprint density at radius 2 is 1.97 bits per heavy atom. The fourth-order valence-electron chi connectivity index (χ4n) is 3.15. The highest BCUT2D eigenvalue weighted by Gasteiger charge is 2.34. The first-order chi connectivity index (χ1) is 13.8. The van der Waals surface area contributed by atoms with Crippen LogP contribution in [-0.4, -0.2) is 44.9 Å². The Bertz CT molecular complexity index is 893. The van der Waals surface area contributed by atoms with Gasteiger partial charge in [-0.25, -0.2) is 13.6 Å². The number of benzene rings is 1. The summed E-state index contributed by atoms with van der Waals surface area (Å²) >= 11 is 0. The van der Waals surface area contributed by atoms with Crippen LogP contribution < -0.4 is 5.32 Å². The van der Waals surface area contributed by atoms with Crippen molar-refractivity contribution in [1.29, 1.82) is 0 Å². The molecule has 0 atom stereocenters. The summed E-state index contributed by atoms with van der Waals surface area (Å²) in [5.74, 6) is -1.74. The van der Waals surface area contributed by atoms with Crippen LogP contribution in [0.4, 0.5) is 19.3 Å². The fourth-order valence-corrected chi connectivity index (χ4v) is 3.15. The molecule has 0 saturated heterocycles. The number of halogens is 2. The molecular formula is C21H26F2N4O2. The normalized spacial score (nSPS) is 13.4. The predicted octanol–water partition coefficient (Wildman–Crippen LogP) is 3.74. The lowest BCUT2D eigenvalue weighted by Crippen LogP contribution is -2.48. The Morgan fingerprint density at radius 3 is 2.52 bits per heavy atom.